The first-order valence-electron chi connectivity index (χ1n) is 6.63. The van der Waals surface area contributed by atoms with Gasteiger partial charge in [0.1, 0.15) is 5.82 Å². The lowest BCUT2D eigenvalue weighted by atomic mass is 9.83. The zero-order valence-corrected chi connectivity index (χ0v) is 14.0. The number of hydrogen-bond donors (Lipinski definition) is 2. The standard InChI is InChI=1S/C13H22N4O2.2ClH/c1-17(8-12-15-5-6-16-12)13(18)9-3-4-10(14)11(7-9)19-2;;/h5-6,9-11H,3-4,7-8,14H2,1-2H3,(H,15,16);2*1H/t9-,10+,11+;;/m0../s1. The topological polar surface area (TPSA) is 84.2 Å². The zero-order valence-electron chi connectivity index (χ0n) is 12.3. The van der Waals surface area contributed by atoms with Gasteiger partial charge in [0.2, 0.25) is 5.91 Å². The van der Waals surface area contributed by atoms with Crippen LogP contribution < -0.4 is 5.73 Å². The van der Waals surface area contributed by atoms with Crippen LogP contribution in [-0.2, 0) is 16.1 Å². The van der Waals surface area contributed by atoms with Crippen LogP contribution in [0.25, 0.3) is 0 Å². The largest absolute Gasteiger partial charge is 0.380 e. The van der Waals surface area contributed by atoms with Crippen molar-refractivity contribution in [1.82, 2.24) is 14.9 Å². The Hall–Kier alpha value is -0.820. The highest BCUT2D eigenvalue weighted by atomic mass is 35.5. The summed E-state index contributed by atoms with van der Waals surface area (Å²) in [5, 5.41) is 0. The van der Waals surface area contributed by atoms with E-state index in [0.717, 1.165) is 18.7 Å². The molecule has 1 amide bonds. The number of amides is 1. The van der Waals surface area contributed by atoms with Crippen LogP contribution in [0.4, 0.5) is 0 Å². The van der Waals surface area contributed by atoms with Crippen LogP contribution in [0, 0.1) is 5.92 Å². The number of aromatic nitrogens is 2. The van der Waals surface area contributed by atoms with E-state index in [-0.39, 0.29) is 48.8 Å². The number of ether oxygens (including phenoxy) is 1. The number of halogens is 2. The maximum atomic E-state index is 12.4. The van der Waals surface area contributed by atoms with E-state index in [1.54, 1.807) is 31.5 Å². The van der Waals surface area contributed by atoms with Gasteiger partial charge in [-0.05, 0) is 19.3 Å². The number of H-pyrrole nitrogens is 1. The number of nitrogens with one attached hydrogen (secondary N) is 1. The maximum absolute atomic E-state index is 12.4. The van der Waals surface area contributed by atoms with Gasteiger partial charge >= 0.3 is 0 Å². The number of imidazole rings is 1. The number of carbonyl (C=O) groups is 1. The van der Waals surface area contributed by atoms with Gasteiger partial charge in [-0.3, -0.25) is 4.79 Å². The Morgan fingerprint density at radius 2 is 2.24 bits per heavy atom. The highest BCUT2D eigenvalue weighted by Crippen LogP contribution is 2.27. The Kier molecular flexibility index (Phi) is 8.89. The van der Waals surface area contributed by atoms with Crippen LogP contribution in [0.15, 0.2) is 12.4 Å². The molecule has 0 saturated heterocycles. The number of carbonyl (C=O) groups excluding carboxylic acids is 1. The molecule has 0 bridgehead atoms. The molecule has 1 heterocycles. The molecular formula is C13H24Cl2N4O2. The molecular weight excluding hydrogens is 315 g/mol. The zero-order chi connectivity index (χ0) is 13.8. The van der Waals surface area contributed by atoms with Crippen molar-refractivity contribution in [3.05, 3.63) is 18.2 Å². The molecule has 8 heteroatoms. The summed E-state index contributed by atoms with van der Waals surface area (Å²) in [6, 6.07) is 0.0458. The van der Waals surface area contributed by atoms with Crippen LogP contribution >= 0.6 is 24.8 Å². The minimum absolute atomic E-state index is 0. The van der Waals surface area contributed by atoms with Crippen LogP contribution in [0.1, 0.15) is 25.1 Å². The monoisotopic (exact) mass is 338 g/mol. The average molecular weight is 339 g/mol. The predicted molar refractivity (Wildman–Crippen MR) is 85.7 cm³/mol. The second kappa shape index (κ2) is 9.25. The van der Waals surface area contributed by atoms with Crippen molar-refractivity contribution >= 4 is 30.7 Å². The van der Waals surface area contributed by atoms with E-state index in [4.69, 9.17) is 10.5 Å². The Labute approximate surface area is 137 Å². The number of rotatable bonds is 4. The Morgan fingerprint density at radius 1 is 1.52 bits per heavy atom. The smallest absolute Gasteiger partial charge is 0.225 e. The van der Waals surface area contributed by atoms with E-state index < -0.39 is 0 Å². The number of methoxy groups -OCH3 is 1. The van der Waals surface area contributed by atoms with Crippen LogP contribution in [0.2, 0.25) is 0 Å². The third kappa shape index (κ3) is 5.14. The van der Waals surface area contributed by atoms with E-state index in [2.05, 4.69) is 9.97 Å². The Balaban J connectivity index is 0.00000200. The molecule has 21 heavy (non-hydrogen) atoms. The van der Waals surface area contributed by atoms with Gasteiger partial charge in [0.25, 0.3) is 0 Å². The fourth-order valence-corrected chi connectivity index (χ4v) is 2.65. The number of hydrogen-bond acceptors (Lipinski definition) is 4. The average Bonchev–Trinajstić information content (AvgIpc) is 2.91. The molecule has 0 radical (unpaired) electrons. The molecule has 3 N–H and O–H groups in total. The highest BCUT2D eigenvalue weighted by Gasteiger charge is 2.33. The summed E-state index contributed by atoms with van der Waals surface area (Å²) < 4.78 is 5.36. The molecule has 1 aromatic heterocycles. The molecule has 0 aliphatic heterocycles. The lowest BCUT2D eigenvalue weighted by Crippen LogP contribution is -2.45. The predicted octanol–water partition coefficient (Wildman–Crippen LogP) is 1.35. The fraction of sp³-hybridized carbons (Fsp3) is 0.692. The van der Waals surface area contributed by atoms with Crippen molar-refractivity contribution in [3.8, 4) is 0 Å². The van der Waals surface area contributed by atoms with Crippen molar-refractivity contribution in [1.29, 1.82) is 0 Å². The van der Waals surface area contributed by atoms with E-state index in [1.165, 1.54) is 0 Å². The summed E-state index contributed by atoms with van der Waals surface area (Å²) in [7, 11) is 3.46. The molecule has 6 nitrogen and oxygen atoms in total. The molecule has 1 aliphatic rings. The summed E-state index contributed by atoms with van der Waals surface area (Å²) in [5.74, 6) is 0.946. The van der Waals surface area contributed by atoms with Gasteiger partial charge in [0, 0.05) is 38.5 Å². The molecule has 1 saturated carbocycles. The number of nitrogens with two attached hydrogens (primary N) is 1. The van der Waals surface area contributed by atoms with Crippen molar-refractivity contribution in [2.24, 2.45) is 11.7 Å². The lowest BCUT2D eigenvalue weighted by Gasteiger charge is -2.34. The molecule has 1 aliphatic carbocycles. The van der Waals surface area contributed by atoms with E-state index in [1.807, 2.05) is 0 Å². The van der Waals surface area contributed by atoms with Gasteiger partial charge < -0.3 is 20.4 Å². The molecule has 2 rings (SSSR count). The van der Waals surface area contributed by atoms with Crippen LogP contribution in [0.5, 0.6) is 0 Å². The molecule has 122 valence electrons. The minimum atomic E-state index is -0.0142. The second-order valence-corrected chi connectivity index (χ2v) is 5.18. The number of nitrogens with zero attached hydrogens (tertiary/aromatic N) is 2. The summed E-state index contributed by atoms with van der Waals surface area (Å²) in [6.45, 7) is 0.506. The van der Waals surface area contributed by atoms with Crippen molar-refractivity contribution in [2.75, 3.05) is 14.2 Å². The summed E-state index contributed by atoms with van der Waals surface area (Å²) in [5.41, 5.74) is 5.97. The van der Waals surface area contributed by atoms with Gasteiger partial charge in [0.15, 0.2) is 0 Å². The second-order valence-electron chi connectivity index (χ2n) is 5.18. The normalized spacial score (nSPS) is 24.6. The van der Waals surface area contributed by atoms with Crippen molar-refractivity contribution < 1.29 is 9.53 Å². The molecule has 0 unspecified atom stereocenters. The third-order valence-electron chi connectivity index (χ3n) is 3.81. The first-order valence-corrected chi connectivity index (χ1v) is 6.63. The first-order chi connectivity index (χ1) is 9.11. The lowest BCUT2D eigenvalue weighted by molar-refractivity contribution is -0.137. The van der Waals surface area contributed by atoms with E-state index >= 15 is 0 Å². The summed E-state index contributed by atoms with van der Waals surface area (Å²) >= 11 is 0. The van der Waals surface area contributed by atoms with Crippen molar-refractivity contribution in [3.63, 3.8) is 0 Å². The Morgan fingerprint density at radius 3 is 2.81 bits per heavy atom. The minimum Gasteiger partial charge on any atom is -0.380 e. The van der Waals surface area contributed by atoms with Crippen LogP contribution in [-0.4, -0.2) is 47.1 Å². The van der Waals surface area contributed by atoms with Crippen LogP contribution in [0.3, 0.4) is 0 Å². The first kappa shape index (κ1) is 20.2. The van der Waals surface area contributed by atoms with E-state index in [0.29, 0.717) is 13.0 Å². The summed E-state index contributed by atoms with van der Waals surface area (Å²) in [6.07, 6.45) is 5.81. The SMILES string of the molecule is CO[C@@H]1C[C@@H](C(=O)N(C)Cc2ncc[nH]2)CC[C@H]1N.Cl.Cl. The fourth-order valence-electron chi connectivity index (χ4n) is 2.65. The number of aromatic amines is 1. The van der Waals surface area contributed by atoms with E-state index in [9.17, 15) is 4.79 Å². The Bertz CT molecular complexity index is 416. The van der Waals surface area contributed by atoms with Gasteiger partial charge in [-0.1, -0.05) is 0 Å². The molecule has 3 atom stereocenters. The van der Waals surface area contributed by atoms with Gasteiger partial charge in [0.05, 0.1) is 12.6 Å². The quantitative estimate of drug-likeness (QED) is 0.867. The van der Waals surface area contributed by atoms with Gasteiger partial charge in [-0.2, -0.15) is 0 Å². The molecule has 1 fully saturated rings. The molecule has 0 aromatic carbocycles. The van der Waals surface area contributed by atoms with Crippen molar-refractivity contribution in [2.45, 2.75) is 38.0 Å². The highest BCUT2D eigenvalue weighted by molar-refractivity contribution is 5.85. The molecule has 1 aromatic rings. The van der Waals surface area contributed by atoms with Gasteiger partial charge in [-0.25, -0.2) is 4.98 Å². The summed E-state index contributed by atoms with van der Waals surface area (Å²) in [4.78, 5) is 21.2. The molecule has 0 spiro atoms. The van der Waals surface area contributed by atoms with Gasteiger partial charge in [-0.15, -0.1) is 24.8 Å². The third-order valence-corrected chi connectivity index (χ3v) is 3.81. The maximum Gasteiger partial charge on any atom is 0.225 e.